The van der Waals surface area contributed by atoms with E-state index in [1.54, 1.807) is 6.07 Å². The fraction of sp³-hybridized carbons (Fsp3) is 0.538. The second kappa shape index (κ2) is 5.45. The standard InChI is InChI=1S/C13H18F2N2/c1-17-7-3-4-10(9-17)8-16-12-6-2-5-11(14)13(12)15/h2,5-6,10,16H,3-4,7-9H2,1H3. The number of hydrogen-bond donors (Lipinski definition) is 1. The van der Waals surface area contributed by atoms with Gasteiger partial charge >= 0.3 is 0 Å². The van der Waals surface area contributed by atoms with Crippen molar-refractivity contribution in [2.24, 2.45) is 5.92 Å². The number of nitrogens with zero attached hydrogens (tertiary/aromatic N) is 1. The third-order valence-corrected chi connectivity index (χ3v) is 3.25. The Hall–Kier alpha value is -1.16. The predicted octanol–water partition coefficient (Wildman–Crippen LogP) is 2.72. The van der Waals surface area contributed by atoms with Crippen LogP contribution in [0.4, 0.5) is 14.5 Å². The first-order chi connectivity index (χ1) is 8.16. The average Bonchev–Trinajstić information content (AvgIpc) is 2.31. The zero-order valence-corrected chi connectivity index (χ0v) is 10.0. The molecule has 0 bridgehead atoms. The highest BCUT2D eigenvalue weighted by molar-refractivity contribution is 5.44. The van der Waals surface area contributed by atoms with E-state index >= 15 is 0 Å². The Morgan fingerprint density at radius 3 is 3.00 bits per heavy atom. The SMILES string of the molecule is CN1CCCC(CNc2cccc(F)c2F)C1. The summed E-state index contributed by atoms with van der Waals surface area (Å²) < 4.78 is 26.4. The molecule has 17 heavy (non-hydrogen) atoms. The summed E-state index contributed by atoms with van der Waals surface area (Å²) in [4.78, 5) is 2.28. The molecule has 0 saturated carbocycles. The Bertz CT molecular complexity index is 382. The molecule has 1 atom stereocenters. The third kappa shape index (κ3) is 3.16. The van der Waals surface area contributed by atoms with Crippen molar-refractivity contribution in [2.75, 3.05) is 32.0 Å². The molecule has 1 heterocycles. The molecule has 1 saturated heterocycles. The summed E-state index contributed by atoms with van der Waals surface area (Å²) in [5, 5.41) is 3.00. The summed E-state index contributed by atoms with van der Waals surface area (Å²) in [5.41, 5.74) is 0.262. The molecule has 0 amide bonds. The predicted molar refractivity (Wildman–Crippen MR) is 65.1 cm³/mol. The van der Waals surface area contributed by atoms with E-state index in [4.69, 9.17) is 0 Å². The third-order valence-electron chi connectivity index (χ3n) is 3.25. The van der Waals surface area contributed by atoms with Crippen LogP contribution in [-0.2, 0) is 0 Å². The van der Waals surface area contributed by atoms with Crippen molar-refractivity contribution in [1.29, 1.82) is 0 Å². The first-order valence-electron chi connectivity index (χ1n) is 6.03. The molecule has 0 aliphatic carbocycles. The second-order valence-electron chi connectivity index (χ2n) is 4.75. The van der Waals surface area contributed by atoms with Crippen LogP contribution in [0, 0.1) is 17.6 Å². The topological polar surface area (TPSA) is 15.3 Å². The number of halogens is 2. The fourth-order valence-electron chi connectivity index (χ4n) is 2.33. The number of anilines is 1. The number of likely N-dealkylation sites (tertiary alicyclic amines) is 1. The minimum absolute atomic E-state index is 0.262. The van der Waals surface area contributed by atoms with Gasteiger partial charge in [0.2, 0.25) is 0 Å². The van der Waals surface area contributed by atoms with E-state index in [9.17, 15) is 8.78 Å². The molecule has 94 valence electrons. The van der Waals surface area contributed by atoms with Crippen LogP contribution in [0.25, 0.3) is 0 Å². The molecule has 1 fully saturated rings. The number of rotatable bonds is 3. The molecule has 4 heteroatoms. The van der Waals surface area contributed by atoms with Gasteiger partial charge in [0.15, 0.2) is 11.6 Å². The average molecular weight is 240 g/mol. The lowest BCUT2D eigenvalue weighted by molar-refractivity contribution is 0.217. The maximum absolute atomic E-state index is 13.4. The molecule has 0 aromatic heterocycles. The largest absolute Gasteiger partial charge is 0.382 e. The van der Waals surface area contributed by atoms with Gasteiger partial charge < -0.3 is 10.2 Å². The fourth-order valence-corrected chi connectivity index (χ4v) is 2.33. The van der Waals surface area contributed by atoms with Crippen LogP contribution in [0.2, 0.25) is 0 Å². The van der Waals surface area contributed by atoms with Gasteiger partial charge in [0.1, 0.15) is 0 Å². The molecule has 1 aliphatic heterocycles. The minimum atomic E-state index is -0.796. The van der Waals surface area contributed by atoms with Crippen molar-refractivity contribution in [3.05, 3.63) is 29.8 Å². The van der Waals surface area contributed by atoms with Crippen LogP contribution in [0.5, 0.6) is 0 Å². The Balaban J connectivity index is 1.91. The first kappa shape index (κ1) is 12.3. The normalized spacial score (nSPS) is 21.5. The first-order valence-corrected chi connectivity index (χ1v) is 6.03. The molecular weight excluding hydrogens is 222 g/mol. The molecule has 1 aromatic rings. The number of nitrogens with one attached hydrogen (secondary N) is 1. The van der Waals surface area contributed by atoms with Crippen LogP contribution in [0.15, 0.2) is 18.2 Å². The van der Waals surface area contributed by atoms with Gasteiger partial charge in [-0.1, -0.05) is 6.07 Å². The lowest BCUT2D eigenvalue weighted by Crippen LogP contribution is -2.35. The van der Waals surface area contributed by atoms with Gasteiger partial charge in [0.25, 0.3) is 0 Å². The van der Waals surface area contributed by atoms with E-state index in [1.165, 1.54) is 12.5 Å². The molecule has 1 aromatic carbocycles. The second-order valence-corrected chi connectivity index (χ2v) is 4.75. The summed E-state index contributed by atoms with van der Waals surface area (Å²) in [6, 6.07) is 4.23. The van der Waals surface area contributed by atoms with Gasteiger partial charge in [-0.05, 0) is 44.5 Å². The number of hydrogen-bond acceptors (Lipinski definition) is 2. The van der Waals surface area contributed by atoms with E-state index < -0.39 is 11.6 Å². The number of benzene rings is 1. The Kier molecular flexibility index (Phi) is 3.94. The smallest absolute Gasteiger partial charge is 0.181 e. The highest BCUT2D eigenvalue weighted by Gasteiger charge is 2.17. The van der Waals surface area contributed by atoms with Gasteiger partial charge in [0.05, 0.1) is 5.69 Å². The Labute approximate surface area is 101 Å². The van der Waals surface area contributed by atoms with Crippen molar-refractivity contribution in [2.45, 2.75) is 12.8 Å². The van der Waals surface area contributed by atoms with Crippen LogP contribution in [0.3, 0.4) is 0 Å². The van der Waals surface area contributed by atoms with Crippen molar-refractivity contribution in [1.82, 2.24) is 4.90 Å². The monoisotopic (exact) mass is 240 g/mol. The molecule has 0 spiro atoms. The molecule has 0 radical (unpaired) electrons. The molecule has 2 rings (SSSR count). The van der Waals surface area contributed by atoms with E-state index in [0.717, 1.165) is 25.6 Å². The van der Waals surface area contributed by atoms with Crippen molar-refractivity contribution < 1.29 is 8.78 Å². The van der Waals surface area contributed by atoms with Crippen LogP contribution in [-0.4, -0.2) is 31.6 Å². The molecule has 1 unspecified atom stereocenters. The summed E-state index contributed by atoms with van der Waals surface area (Å²) in [6.45, 7) is 2.85. The van der Waals surface area contributed by atoms with E-state index in [2.05, 4.69) is 17.3 Å². The summed E-state index contributed by atoms with van der Waals surface area (Å²) in [5.74, 6) is -1.07. The van der Waals surface area contributed by atoms with Gasteiger partial charge in [-0.25, -0.2) is 8.78 Å². The highest BCUT2D eigenvalue weighted by atomic mass is 19.2. The Morgan fingerprint density at radius 2 is 2.24 bits per heavy atom. The number of piperidine rings is 1. The van der Waals surface area contributed by atoms with Gasteiger partial charge in [0, 0.05) is 13.1 Å². The summed E-state index contributed by atoms with van der Waals surface area (Å²) in [7, 11) is 2.09. The molecule has 2 nitrogen and oxygen atoms in total. The molecular formula is C13H18F2N2. The van der Waals surface area contributed by atoms with E-state index in [-0.39, 0.29) is 5.69 Å². The zero-order chi connectivity index (χ0) is 12.3. The van der Waals surface area contributed by atoms with Crippen LogP contribution >= 0.6 is 0 Å². The maximum atomic E-state index is 13.4. The van der Waals surface area contributed by atoms with Gasteiger partial charge in [-0.15, -0.1) is 0 Å². The van der Waals surface area contributed by atoms with Crippen LogP contribution in [0.1, 0.15) is 12.8 Å². The van der Waals surface area contributed by atoms with Gasteiger partial charge in [-0.3, -0.25) is 0 Å². The Morgan fingerprint density at radius 1 is 1.41 bits per heavy atom. The lowest BCUT2D eigenvalue weighted by atomic mass is 9.98. The van der Waals surface area contributed by atoms with Crippen molar-refractivity contribution >= 4 is 5.69 Å². The quantitative estimate of drug-likeness (QED) is 0.874. The molecule has 1 N–H and O–H groups in total. The van der Waals surface area contributed by atoms with Crippen molar-refractivity contribution in [3.8, 4) is 0 Å². The van der Waals surface area contributed by atoms with Crippen LogP contribution < -0.4 is 5.32 Å². The van der Waals surface area contributed by atoms with E-state index in [1.807, 2.05) is 0 Å². The highest BCUT2D eigenvalue weighted by Crippen LogP contribution is 2.19. The summed E-state index contributed by atoms with van der Waals surface area (Å²) in [6.07, 6.45) is 2.32. The zero-order valence-electron chi connectivity index (χ0n) is 10.0. The maximum Gasteiger partial charge on any atom is 0.181 e. The summed E-state index contributed by atoms with van der Waals surface area (Å²) >= 11 is 0. The lowest BCUT2D eigenvalue weighted by Gasteiger charge is -2.30. The minimum Gasteiger partial charge on any atom is -0.382 e. The molecule has 1 aliphatic rings. The van der Waals surface area contributed by atoms with Crippen molar-refractivity contribution in [3.63, 3.8) is 0 Å². The van der Waals surface area contributed by atoms with Gasteiger partial charge in [-0.2, -0.15) is 0 Å². The van der Waals surface area contributed by atoms with E-state index in [0.29, 0.717) is 12.5 Å².